The highest BCUT2D eigenvalue weighted by molar-refractivity contribution is 7.14. The molecule has 134 valence electrons. The van der Waals surface area contributed by atoms with Gasteiger partial charge in [-0.15, -0.1) is 11.3 Å². The predicted octanol–water partition coefficient (Wildman–Crippen LogP) is 3.74. The highest BCUT2D eigenvalue weighted by atomic mass is 35.5. The summed E-state index contributed by atoms with van der Waals surface area (Å²) in [5, 5.41) is 9.86. The first kappa shape index (κ1) is 18.0. The number of anilines is 1. The molecular weight excluding hydrogens is 360 g/mol. The summed E-state index contributed by atoms with van der Waals surface area (Å²) in [6, 6.07) is 7.50. The van der Waals surface area contributed by atoms with E-state index in [2.05, 4.69) is 9.80 Å². The Kier molecular flexibility index (Phi) is 5.51. The highest BCUT2D eigenvalue weighted by Crippen LogP contribution is 2.31. The Morgan fingerprint density at radius 1 is 1.28 bits per heavy atom. The molecule has 0 radical (unpaired) electrons. The van der Waals surface area contributed by atoms with Gasteiger partial charge < -0.3 is 14.7 Å². The van der Waals surface area contributed by atoms with Crippen LogP contribution in [0.25, 0.3) is 0 Å². The van der Waals surface area contributed by atoms with Gasteiger partial charge in [-0.25, -0.2) is 4.79 Å². The van der Waals surface area contributed by atoms with Crippen LogP contribution in [0.5, 0.6) is 5.75 Å². The van der Waals surface area contributed by atoms with Crippen molar-refractivity contribution in [3.8, 4) is 5.75 Å². The molecule has 0 atom stereocenters. The standard InChI is InChI=1S/C18H21ClN2O3S/c1-12-13(9-17(25-12)18(22)23)11-20-5-7-21(8-6-20)16-10-14(24-2)3-4-15(16)19/h3-4,9-10H,5-8,11H2,1-2H3,(H,22,23). The molecule has 2 heterocycles. The first-order valence-electron chi connectivity index (χ1n) is 8.11. The van der Waals surface area contributed by atoms with Crippen molar-refractivity contribution < 1.29 is 14.6 Å². The van der Waals surface area contributed by atoms with E-state index in [0.717, 1.165) is 59.6 Å². The number of aromatic carboxylic acids is 1. The zero-order chi connectivity index (χ0) is 18.0. The van der Waals surface area contributed by atoms with Gasteiger partial charge in [0.1, 0.15) is 10.6 Å². The van der Waals surface area contributed by atoms with E-state index in [1.54, 1.807) is 13.2 Å². The second kappa shape index (κ2) is 7.64. The van der Waals surface area contributed by atoms with Crippen LogP contribution in [-0.2, 0) is 6.54 Å². The summed E-state index contributed by atoms with van der Waals surface area (Å²) in [4.78, 5) is 17.2. The van der Waals surface area contributed by atoms with E-state index in [0.29, 0.717) is 4.88 Å². The monoisotopic (exact) mass is 380 g/mol. The molecule has 3 rings (SSSR count). The summed E-state index contributed by atoms with van der Waals surface area (Å²) in [5.41, 5.74) is 2.11. The van der Waals surface area contributed by atoms with Gasteiger partial charge >= 0.3 is 5.97 Å². The van der Waals surface area contributed by atoms with Gasteiger partial charge in [0.15, 0.2) is 0 Å². The molecule has 1 fully saturated rings. The van der Waals surface area contributed by atoms with Crippen LogP contribution in [0, 0.1) is 6.92 Å². The summed E-state index contributed by atoms with van der Waals surface area (Å²) < 4.78 is 5.29. The minimum absolute atomic E-state index is 0.411. The maximum Gasteiger partial charge on any atom is 0.345 e. The van der Waals surface area contributed by atoms with Crippen molar-refractivity contribution in [1.29, 1.82) is 0 Å². The molecule has 0 saturated carbocycles. The zero-order valence-electron chi connectivity index (χ0n) is 14.3. The molecule has 0 spiro atoms. The first-order chi connectivity index (χ1) is 12.0. The number of piperazine rings is 1. The van der Waals surface area contributed by atoms with E-state index in [9.17, 15) is 4.79 Å². The maximum absolute atomic E-state index is 11.1. The maximum atomic E-state index is 11.1. The molecule has 0 unspecified atom stereocenters. The van der Waals surface area contributed by atoms with E-state index in [4.69, 9.17) is 21.4 Å². The zero-order valence-corrected chi connectivity index (χ0v) is 15.9. The summed E-state index contributed by atoms with van der Waals surface area (Å²) in [6.07, 6.45) is 0. The van der Waals surface area contributed by atoms with Crippen molar-refractivity contribution in [3.63, 3.8) is 0 Å². The van der Waals surface area contributed by atoms with Crippen molar-refractivity contribution >= 4 is 34.6 Å². The molecule has 0 bridgehead atoms. The normalized spacial score (nSPS) is 15.4. The smallest absolute Gasteiger partial charge is 0.345 e. The molecule has 25 heavy (non-hydrogen) atoms. The fourth-order valence-corrected chi connectivity index (χ4v) is 4.14. The van der Waals surface area contributed by atoms with Crippen LogP contribution in [0.4, 0.5) is 5.69 Å². The Morgan fingerprint density at radius 3 is 2.60 bits per heavy atom. The van der Waals surface area contributed by atoms with Gasteiger partial charge in [0.2, 0.25) is 0 Å². The van der Waals surface area contributed by atoms with Crippen LogP contribution < -0.4 is 9.64 Å². The second-order valence-corrected chi connectivity index (χ2v) is 7.74. The molecule has 1 saturated heterocycles. The fourth-order valence-electron chi connectivity index (χ4n) is 3.03. The van der Waals surface area contributed by atoms with Crippen molar-refractivity contribution in [2.75, 3.05) is 38.2 Å². The average molecular weight is 381 g/mol. The molecule has 1 aromatic carbocycles. The third-order valence-corrected chi connectivity index (χ3v) is 5.89. The first-order valence-corrected chi connectivity index (χ1v) is 9.31. The number of hydrogen-bond acceptors (Lipinski definition) is 5. The van der Waals surface area contributed by atoms with Crippen molar-refractivity contribution in [3.05, 3.63) is 44.6 Å². The van der Waals surface area contributed by atoms with Gasteiger partial charge in [-0.2, -0.15) is 0 Å². The Hall–Kier alpha value is -1.76. The summed E-state index contributed by atoms with van der Waals surface area (Å²) in [6.45, 7) is 6.34. The predicted molar refractivity (Wildman–Crippen MR) is 102 cm³/mol. The Labute approximate surface area is 156 Å². The number of carboxylic acid groups (broad SMARTS) is 1. The topological polar surface area (TPSA) is 53.0 Å². The summed E-state index contributed by atoms with van der Waals surface area (Å²) >= 11 is 7.69. The van der Waals surface area contributed by atoms with Crippen LogP contribution in [0.3, 0.4) is 0 Å². The van der Waals surface area contributed by atoms with Gasteiger partial charge in [0.25, 0.3) is 0 Å². The van der Waals surface area contributed by atoms with Crippen molar-refractivity contribution in [1.82, 2.24) is 4.90 Å². The second-order valence-electron chi connectivity index (χ2n) is 6.08. The lowest BCUT2D eigenvalue weighted by atomic mass is 10.2. The fraction of sp³-hybridized carbons (Fsp3) is 0.389. The molecule has 0 amide bonds. The highest BCUT2D eigenvalue weighted by Gasteiger charge is 2.21. The molecule has 0 aliphatic carbocycles. The lowest BCUT2D eigenvalue weighted by Gasteiger charge is -2.36. The molecule has 1 aromatic heterocycles. The molecule has 1 N–H and O–H groups in total. The number of aryl methyl sites for hydroxylation is 1. The molecule has 1 aliphatic heterocycles. The number of carboxylic acids is 1. The Bertz CT molecular complexity index is 770. The number of halogens is 1. The molecule has 2 aromatic rings. The van der Waals surface area contributed by atoms with Crippen LogP contribution in [0.2, 0.25) is 5.02 Å². The number of ether oxygens (including phenoxy) is 1. The number of methoxy groups -OCH3 is 1. The van der Waals surface area contributed by atoms with Crippen molar-refractivity contribution in [2.24, 2.45) is 0 Å². The number of hydrogen-bond donors (Lipinski definition) is 1. The van der Waals surface area contributed by atoms with Crippen molar-refractivity contribution in [2.45, 2.75) is 13.5 Å². The Balaban J connectivity index is 1.63. The molecular formula is C18H21ClN2O3S. The van der Waals surface area contributed by atoms with Gasteiger partial charge in [-0.3, -0.25) is 4.90 Å². The molecule has 1 aliphatic rings. The van der Waals surface area contributed by atoms with Crippen LogP contribution in [0.15, 0.2) is 24.3 Å². The van der Waals surface area contributed by atoms with E-state index in [1.165, 1.54) is 11.3 Å². The van der Waals surface area contributed by atoms with Crippen LogP contribution in [-0.4, -0.2) is 49.3 Å². The van der Waals surface area contributed by atoms with Gasteiger partial charge in [-0.1, -0.05) is 11.6 Å². The van der Waals surface area contributed by atoms with Crippen LogP contribution >= 0.6 is 22.9 Å². The largest absolute Gasteiger partial charge is 0.497 e. The lowest BCUT2D eigenvalue weighted by Crippen LogP contribution is -2.46. The number of thiophene rings is 1. The third kappa shape index (κ3) is 4.08. The van der Waals surface area contributed by atoms with E-state index < -0.39 is 5.97 Å². The Morgan fingerprint density at radius 2 is 2.00 bits per heavy atom. The molecule has 5 nitrogen and oxygen atoms in total. The van der Waals surface area contributed by atoms with Gasteiger partial charge in [0.05, 0.1) is 17.8 Å². The van der Waals surface area contributed by atoms with Crippen LogP contribution in [0.1, 0.15) is 20.1 Å². The van der Waals surface area contributed by atoms with E-state index >= 15 is 0 Å². The summed E-state index contributed by atoms with van der Waals surface area (Å²) in [7, 11) is 1.65. The summed E-state index contributed by atoms with van der Waals surface area (Å²) in [5.74, 6) is -0.0474. The van der Waals surface area contributed by atoms with E-state index in [-0.39, 0.29) is 0 Å². The number of nitrogens with zero attached hydrogens (tertiary/aromatic N) is 2. The lowest BCUT2D eigenvalue weighted by molar-refractivity contribution is 0.0702. The minimum Gasteiger partial charge on any atom is -0.497 e. The number of carbonyl (C=O) groups is 1. The van der Waals surface area contributed by atoms with Gasteiger partial charge in [0, 0.05) is 43.7 Å². The average Bonchev–Trinajstić information content (AvgIpc) is 2.97. The minimum atomic E-state index is -0.850. The third-order valence-electron chi connectivity index (χ3n) is 4.49. The number of benzene rings is 1. The quantitative estimate of drug-likeness (QED) is 0.856. The number of rotatable bonds is 5. The van der Waals surface area contributed by atoms with Gasteiger partial charge in [-0.05, 0) is 30.7 Å². The molecule has 7 heteroatoms. The van der Waals surface area contributed by atoms with E-state index in [1.807, 2.05) is 25.1 Å². The SMILES string of the molecule is COc1ccc(Cl)c(N2CCN(Cc3cc(C(=O)O)sc3C)CC2)c1.